The Bertz CT molecular complexity index is 429. The molecule has 2 aromatic heterocycles. The first-order valence-electron chi connectivity index (χ1n) is 5.22. The van der Waals surface area contributed by atoms with Gasteiger partial charge in [-0.15, -0.1) is 0 Å². The van der Waals surface area contributed by atoms with Gasteiger partial charge in [0, 0.05) is 49.4 Å². The molecular formula is C11H15N5. The van der Waals surface area contributed by atoms with Crippen LogP contribution < -0.4 is 5.32 Å². The molecule has 0 saturated carbocycles. The summed E-state index contributed by atoms with van der Waals surface area (Å²) in [6.45, 7) is 5.38. The zero-order valence-corrected chi connectivity index (χ0v) is 9.06. The highest BCUT2D eigenvalue weighted by Crippen LogP contribution is 1.97. The molecule has 0 aliphatic heterocycles. The Balaban J connectivity index is 1.70. The molecule has 0 radical (unpaired) electrons. The van der Waals surface area contributed by atoms with Crippen molar-refractivity contribution in [2.45, 2.75) is 13.0 Å². The van der Waals surface area contributed by atoms with Crippen LogP contribution in [0.2, 0.25) is 0 Å². The van der Waals surface area contributed by atoms with Crippen molar-refractivity contribution in [3.63, 3.8) is 0 Å². The topological polar surface area (TPSA) is 58.5 Å². The summed E-state index contributed by atoms with van der Waals surface area (Å²) in [7, 11) is 0. The Kier molecular flexibility index (Phi) is 3.50. The molecule has 5 heteroatoms. The van der Waals surface area contributed by atoms with Gasteiger partial charge in [0.2, 0.25) is 0 Å². The first kappa shape index (κ1) is 10.6. The van der Waals surface area contributed by atoms with Gasteiger partial charge in [-0.3, -0.25) is 0 Å². The van der Waals surface area contributed by atoms with E-state index in [4.69, 9.17) is 0 Å². The van der Waals surface area contributed by atoms with Gasteiger partial charge in [-0.1, -0.05) is 6.58 Å². The van der Waals surface area contributed by atoms with Gasteiger partial charge in [0.05, 0.1) is 12.5 Å². The van der Waals surface area contributed by atoms with E-state index >= 15 is 0 Å². The van der Waals surface area contributed by atoms with Crippen molar-refractivity contribution in [2.24, 2.45) is 0 Å². The molecule has 0 bridgehead atoms. The third-order valence-electron chi connectivity index (χ3n) is 2.30. The lowest BCUT2D eigenvalue weighted by Gasteiger charge is -2.00. The third kappa shape index (κ3) is 2.80. The van der Waals surface area contributed by atoms with Crippen LogP contribution in [0.25, 0.3) is 6.20 Å². The fourth-order valence-corrected chi connectivity index (χ4v) is 1.45. The number of aromatic amines is 1. The van der Waals surface area contributed by atoms with Gasteiger partial charge in [-0.25, -0.2) is 9.67 Å². The Labute approximate surface area is 94.2 Å². The molecule has 0 amide bonds. The van der Waals surface area contributed by atoms with Crippen molar-refractivity contribution < 1.29 is 0 Å². The van der Waals surface area contributed by atoms with Crippen LogP contribution in [-0.4, -0.2) is 26.3 Å². The summed E-state index contributed by atoms with van der Waals surface area (Å²) >= 11 is 0. The molecule has 2 N–H and O–H groups in total. The van der Waals surface area contributed by atoms with Gasteiger partial charge in [0.1, 0.15) is 0 Å². The van der Waals surface area contributed by atoms with Crippen molar-refractivity contribution >= 4 is 6.20 Å². The first-order valence-corrected chi connectivity index (χ1v) is 5.22. The van der Waals surface area contributed by atoms with Crippen LogP contribution in [0.5, 0.6) is 0 Å². The quantitative estimate of drug-likeness (QED) is 0.711. The number of rotatable bonds is 6. The van der Waals surface area contributed by atoms with Crippen LogP contribution in [0, 0.1) is 0 Å². The van der Waals surface area contributed by atoms with Gasteiger partial charge in [0.25, 0.3) is 0 Å². The van der Waals surface area contributed by atoms with E-state index in [0.717, 1.165) is 30.8 Å². The van der Waals surface area contributed by atoms with Crippen molar-refractivity contribution in [3.05, 3.63) is 42.8 Å². The average Bonchev–Trinajstić information content (AvgIpc) is 2.95. The smallest absolute Gasteiger partial charge is 0.0921 e. The SMILES string of the molecule is C=Cn1cc(CNCCc2cnc[nH]2)cn1. The lowest BCUT2D eigenvalue weighted by molar-refractivity contribution is 0.681. The standard InChI is InChI=1S/C11H15N5/c1-2-16-8-10(6-15-16)5-12-4-3-11-7-13-9-14-11/h2,6-9,12H,1,3-5H2,(H,13,14). The van der Waals surface area contributed by atoms with Crippen LogP contribution in [-0.2, 0) is 13.0 Å². The molecule has 16 heavy (non-hydrogen) atoms. The molecule has 0 aromatic carbocycles. The maximum atomic E-state index is 4.11. The number of hydrogen-bond donors (Lipinski definition) is 2. The first-order chi connectivity index (χ1) is 7.88. The molecule has 0 atom stereocenters. The summed E-state index contributed by atoms with van der Waals surface area (Å²) in [5.74, 6) is 0. The molecule has 0 spiro atoms. The number of H-pyrrole nitrogens is 1. The molecule has 0 fully saturated rings. The third-order valence-corrected chi connectivity index (χ3v) is 2.30. The van der Waals surface area contributed by atoms with Gasteiger partial charge in [-0.05, 0) is 0 Å². The Morgan fingerprint density at radius 1 is 1.50 bits per heavy atom. The van der Waals surface area contributed by atoms with E-state index in [9.17, 15) is 0 Å². The van der Waals surface area contributed by atoms with E-state index in [0.29, 0.717) is 0 Å². The second-order valence-corrected chi connectivity index (χ2v) is 3.51. The van der Waals surface area contributed by atoms with Crippen LogP contribution in [0.3, 0.4) is 0 Å². The van der Waals surface area contributed by atoms with Gasteiger partial charge >= 0.3 is 0 Å². The van der Waals surface area contributed by atoms with Crippen molar-refractivity contribution in [1.82, 2.24) is 25.1 Å². The van der Waals surface area contributed by atoms with E-state index in [2.05, 4.69) is 27.0 Å². The van der Waals surface area contributed by atoms with Gasteiger partial charge < -0.3 is 10.3 Å². The highest BCUT2D eigenvalue weighted by Gasteiger charge is 1.97. The largest absolute Gasteiger partial charge is 0.348 e. The maximum absolute atomic E-state index is 4.11. The van der Waals surface area contributed by atoms with E-state index in [1.54, 1.807) is 17.2 Å². The molecular weight excluding hydrogens is 202 g/mol. The summed E-state index contributed by atoms with van der Waals surface area (Å²) in [6.07, 6.45) is 9.96. The number of hydrogen-bond acceptors (Lipinski definition) is 3. The monoisotopic (exact) mass is 217 g/mol. The molecule has 84 valence electrons. The van der Waals surface area contributed by atoms with Crippen molar-refractivity contribution in [2.75, 3.05) is 6.54 Å². The summed E-state index contributed by atoms with van der Waals surface area (Å²) in [4.78, 5) is 7.03. The number of nitrogens with zero attached hydrogens (tertiary/aromatic N) is 3. The molecule has 0 aliphatic carbocycles. The lowest BCUT2D eigenvalue weighted by Crippen LogP contribution is -2.16. The Morgan fingerprint density at radius 3 is 3.12 bits per heavy atom. The highest BCUT2D eigenvalue weighted by molar-refractivity contribution is 5.17. The Morgan fingerprint density at radius 2 is 2.44 bits per heavy atom. The predicted molar refractivity (Wildman–Crippen MR) is 62.6 cm³/mol. The number of aromatic nitrogens is 4. The molecule has 2 heterocycles. The van der Waals surface area contributed by atoms with E-state index in [1.165, 1.54) is 0 Å². The minimum atomic E-state index is 0.821. The number of imidazole rings is 1. The normalized spacial score (nSPS) is 10.5. The lowest BCUT2D eigenvalue weighted by atomic mass is 10.3. The zero-order valence-electron chi connectivity index (χ0n) is 9.06. The summed E-state index contributed by atoms with van der Waals surface area (Å²) in [5, 5.41) is 7.45. The molecule has 2 rings (SSSR count). The van der Waals surface area contributed by atoms with Gasteiger partial charge in [0.15, 0.2) is 0 Å². The van der Waals surface area contributed by atoms with Crippen molar-refractivity contribution in [1.29, 1.82) is 0 Å². The molecule has 0 saturated heterocycles. The molecule has 2 aromatic rings. The second kappa shape index (κ2) is 5.27. The predicted octanol–water partition coefficient (Wildman–Crippen LogP) is 1.04. The van der Waals surface area contributed by atoms with Crippen molar-refractivity contribution in [3.8, 4) is 0 Å². The Hall–Kier alpha value is -1.88. The van der Waals surface area contributed by atoms with E-state index in [1.807, 2.05) is 18.6 Å². The second-order valence-electron chi connectivity index (χ2n) is 3.51. The van der Waals surface area contributed by atoms with E-state index in [-0.39, 0.29) is 0 Å². The number of nitrogens with one attached hydrogen (secondary N) is 2. The zero-order chi connectivity index (χ0) is 11.2. The van der Waals surface area contributed by atoms with E-state index < -0.39 is 0 Å². The minimum absolute atomic E-state index is 0.821. The average molecular weight is 217 g/mol. The summed E-state index contributed by atoms with van der Waals surface area (Å²) < 4.78 is 1.70. The van der Waals surface area contributed by atoms with Crippen LogP contribution in [0.4, 0.5) is 0 Å². The fraction of sp³-hybridized carbons (Fsp3) is 0.273. The van der Waals surface area contributed by atoms with Crippen LogP contribution in [0.15, 0.2) is 31.5 Å². The fourth-order valence-electron chi connectivity index (χ4n) is 1.45. The molecule has 0 unspecified atom stereocenters. The van der Waals surface area contributed by atoms with Crippen LogP contribution in [0.1, 0.15) is 11.3 Å². The maximum Gasteiger partial charge on any atom is 0.0921 e. The molecule has 5 nitrogen and oxygen atoms in total. The summed E-state index contributed by atoms with van der Waals surface area (Å²) in [5.41, 5.74) is 2.30. The van der Waals surface area contributed by atoms with Crippen LogP contribution >= 0.6 is 0 Å². The minimum Gasteiger partial charge on any atom is -0.348 e. The summed E-state index contributed by atoms with van der Waals surface area (Å²) in [6, 6.07) is 0. The van der Waals surface area contributed by atoms with Gasteiger partial charge in [-0.2, -0.15) is 5.10 Å². The molecule has 0 aliphatic rings. The highest BCUT2D eigenvalue weighted by atomic mass is 15.2.